The van der Waals surface area contributed by atoms with Crippen LogP contribution in [-0.4, -0.2) is 5.11 Å². The van der Waals surface area contributed by atoms with Crippen molar-refractivity contribution in [3.8, 4) is 5.75 Å². The highest BCUT2D eigenvalue weighted by molar-refractivity contribution is 9.10. The van der Waals surface area contributed by atoms with Crippen molar-refractivity contribution in [2.75, 3.05) is 0 Å². The predicted octanol–water partition coefficient (Wildman–Crippen LogP) is 4.20. The lowest BCUT2D eigenvalue weighted by molar-refractivity contribution is 0.413. The SMILES string of the molecule is Oc1c(Br)cccc1C1CCCCC1. The van der Waals surface area contributed by atoms with Gasteiger partial charge in [-0.15, -0.1) is 0 Å². The number of phenolic OH excluding ortho intramolecular Hbond substituents is 1. The van der Waals surface area contributed by atoms with Gasteiger partial charge >= 0.3 is 0 Å². The van der Waals surface area contributed by atoms with E-state index in [2.05, 4.69) is 22.0 Å². The Hall–Kier alpha value is -0.500. The Kier molecular flexibility index (Phi) is 3.12. The third-order valence-corrected chi connectivity index (χ3v) is 3.70. The fraction of sp³-hybridized carbons (Fsp3) is 0.500. The topological polar surface area (TPSA) is 20.2 Å². The van der Waals surface area contributed by atoms with Crippen molar-refractivity contribution in [1.82, 2.24) is 0 Å². The van der Waals surface area contributed by atoms with Gasteiger partial charge in [-0.25, -0.2) is 0 Å². The number of benzene rings is 1. The summed E-state index contributed by atoms with van der Waals surface area (Å²) in [6, 6.07) is 5.95. The molecule has 1 saturated carbocycles. The Morgan fingerprint density at radius 2 is 1.86 bits per heavy atom. The molecule has 2 heteroatoms. The molecule has 1 aliphatic rings. The van der Waals surface area contributed by atoms with Gasteiger partial charge in [-0.3, -0.25) is 0 Å². The molecule has 0 heterocycles. The third-order valence-electron chi connectivity index (χ3n) is 3.06. The van der Waals surface area contributed by atoms with Crippen molar-refractivity contribution < 1.29 is 5.11 Å². The average Bonchev–Trinajstić information content (AvgIpc) is 2.23. The number of hydrogen-bond acceptors (Lipinski definition) is 1. The molecule has 0 aromatic heterocycles. The molecule has 1 nitrogen and oxygen atoms in total. The minimum absolute atomic E-state index is 0.444. The molecule has 1 fully saturated rings. The van der Waals surface area contributed by atoms with E-state index in [0.717, 1.165) is 10.0 Å². The quantitative estimate of drug-likeness (QED) is 0.797. The van der Waals surface area contributed by atoms with E-state index in [4.69, 9.17) is 0 Å². The third kappa shape index (κ3) is 1.95. The number of rotatable bonds is 1. The number of aromatic hydroxyl groups is 1. The number of halogens is 1. The fourth-order valence-corrected chi connectivity index (χ4v) is 2.66. The maximum absolute atomic E-state index is 9.90. The summed E-state index contributed by atoms with van der Waals surface area (Å²) in [7, 11) is 0. The van der Waals surface area contributed by atoms with Crippen LogP contribution in [0, 0.1) is 0 Å². The van der Waals surface area contributed by atoms with Gasteiger partial charge in [0.15, 0.2) is 0 Å². The van der Waals surface area contributed by atoms with Crippen molar-refractivity contribution in [3.63, 3.8) is 0 Å². The highest BCUT2D eigenvalue weighted by Gasteiger charge is 2.19. The molecule has 1 aromatic carbocycles. The van der Waals surface area contributed by atoms with Crippen molar-refractivity contribution in [3.05, 3.63) is 28.2 Å². The van der Waals surface area contributed by atoms with Crippen LogP contribution in [0.15, 0.2) is 22.7 Å². The van der Waals surface area contributed by atoms with Gasteiger partial charge in [0.1, 0.15) is 5.75 Å². The summed E-state index contributed by atoms with van der Waals surface area (Å²) in [5.74, 6) is 1.01. The van der Waals surface area contributed by atoms with Crippen LogP contribution in [0.1, 0.15) is 43.6 Å². The number of para-hydroxylation sites is 1. The molecule has 2 rings (SSSR count). The van der Waals surface area contributed by atoms with E-state index in [1.165, 1.54) is 32.1 Å². The predicted molar refractivity (Wildman–Crippen MR) is 61.6 cm³/mol. The second kappa shape index (κ2) is 4.35. The molecule has 1 aromatic rings. The summed E-state index contributed by atoms with van der Waals surface area (Å²) in [5.41, 5.74) is 1.12. The first kappa shape index (κ1) is 10.0. The minimum atomic E-state index is 0.444. The smallest absolute Gasteiger partial charge is 0.133 e. The lowest BCUT2D eigenvalue weighted by Crippen LogP contribution is -2.04. The first-order chi connectivity index (χ1) is 6.79. The Morgan fingerprint density at radius 3 is 2.57 bits per heavy atom. The van der Waals surface area contributed by atoms with Crippen molar-refractivity contribution in [2.45, 2.75) is 38.0 Å². The van der Waals surface area contributed by atoms with Gasteiger partial charge in [0.05, 0.1) is 4.47 Å². The molecule has 0 radical (unpaired) electrons. The lowest BCUT2D eigenvalue weighted by atomic mass is 9.84. The zero-order chi connectivity index (χ0) is 9.97. The largest absolute Gasteiger partial charge is 0.506 e. The standard InChI is InChI=1S/C12H15BrO/c13-11-8-4-7-10(12(11)14)9-5-2-1-3-6-9/h4,7-9,14H,1-3,5-6H2. The summed E-state index contributed by atoms with van der Waals surface area (Å²) in [4.78, 5) is 0. The number of phenols is 1. The minimum Gasteiger partial charge on any atom is -0.506 e. The molecule has 0 unspecified atom stereocenters. The molecule has 0 spiro atoms. The molecular weight excluding hydrogens is 240 g/mol. The average molecular weight is 255 g/mol. The van der Waals surface area contributed by atoms with E-state index >= 15 is 0 Å². The van der Waals surface area contributed by atoms with Crippen LogP contribution < -0.4 is 0 Å². The van der Waals surface area contributed by atoms with E-state index in [-0.39, 0.29) is 0 Å². The molecule has 0 aliphatic heterocycles. The zero-order valence-corrected chi connectivity index (χ0v) is 9.76. The van der Waals surface area contributed by atoms with Gasteiger partial charge in [-0.2, -0.15) is 0 Å². The van der Waals surface area contributed by atoms with Gasteiger partial charge in [-0.05, 0) is 46.3 Å². The van der Waals surface area contributed by atoms with Gasteiger partial charge in [-0.1, -0.05) is 31.4 Å². The van der Waals surface area contributed by atoms with E-state index in [9.17, 15) is 5.11 Å². The normalized spacial score (nSPS) is 18.4. The highest BCUT2D eigenvalue weighted by atomic mass is 79.9. The maximum atomic E-state index is 9.90. The van der Waals surface area contributed by atoms with E-state index in [1.807, 2.05) is 12.1 Å². The summed E-state index contributed by atoms with van der Waals surface area (Å²) in [5, 5.41) is 9.90. The fourth-order valence-electron chi connectivity index (χ4n) is 2.28. The Balaban J connectivity index is 2.26. The Morgan fingerprint density at radius 1 is 1.14 bits per heavy atom. The van der Waals surface area contributed by atoms with Crippen molar-refractivity contribution in [2.24, 2.45) is 0 Å². The molecule has 1 N–H and O–H groups in total. The molecule has 0 amide bonds. The van der Waals surface area contributed by atoms with E-state index in [1.54, 1.807) is 0 Å². The number of hydrogen-bond donors (Lipinski definition) is 1. The Bertz CT molecular complexity index is 316. The van der Waals surface area contributed by atoms with Crippen LogP contribution in [-0.2, 0) is 0 Å². The van der Waals surface area contributed by atoms with Crippen molar-refractivity contribution in [1.29, 1.82) is 0 Å². The second-order valence-corrected chi connectivity index (χ2v) is 4.87. The molecule has 14 heavy (non-hydrogen) atoms. The summed E-state index contributed by atoms with van der Waals surface area (Å²) in [6.45, 7) is 0. The summed E-state index contributed by atoms with van der Waals surface area (Å²) in [6.07, 6.45) is 6.41. The monoisotopic (exact) mass is 254 g/mol. The molecule has 76 valence electrons. The second-order valence-electron chi connectivity index (χ2n) is 4.01. The molecular formula is C12H15BrO. The molecule has 0 atom stereocenters. The summed E-state index contributed by atoms with van der Waals surface area (Å²) >= 11 is 3.36. The Labute approximate surface area is 93.3 Å². The van der Waals surface area contributed by atoms with E-state index in [0.29, 0.717) is 11.7 Å². The van der Waals surface area contributed by atoms with Crippen LogP contribution in [0.3, 0.4) is 0 Å². The van der Waals surface area contributed by atoms with Crippen LogP contribution in [0.2, 0.25) is 0 Å². The highest BCUT2D eigenvalue weighted by Crippen LogP contribution is 2.39. The van der Waals surface area contributed by atoms with Gasteiger partial charge in [0.25, 0.3) is 0 Å². The summed E-state index contributed by atoms with van der Waals surface area (Å²) < 4.78 is 0.820. The van der Waals surface area contributed by atoms with Crippen LogP contribution >= 0.6 is 15.9 Å². The molecule has 1 aliphatic carbocycles. The molecule has 0 bridgehead atoms. The first-order valence-corrected chi connectivity index (χ1v) is 6.05. The van der Waals surface area contributed by atoms with E-state index < -0.39 is 0 Å². The molecule has 0 saturated heterocycles. The van der Waals surface area contributed by atoms with Gasteiger partial charge in [0.2, 0.25) is 0 Å². The van der Waals surface area contributed by atoms with Gasteiger partial charge in [0, 0.05) is 0 Å². The van der Waals surface area contributed by atoms with Crippen LogP contribution in [0.25, 0.3) is 0 Å². The lowest BCUT2D eigenvalue weighted by Gasteiger charge is -2.22. The van der Waals surface area contributed by atoms with Crippen LogP contribution in [0.4, 0.5) is 0 Å². The maximum Gasteiger partial charge on any atom is 0.133 e. The van der Waals surface area contributed by atoms with Crippen molar-refractivity contribution >= 4 is 15.9 Å². The zero-order valence-electron chi connectivity index (χ0n) is 8.17. The van der Waals surface area contributed by atoms with Gasteiger partial charge < -0.3 is 5.11 Å². The first-order valence-electron chi connectivity index (χ1n) is 5.26. The van der Waals surface area contributed by atoms with Crippen LogP contribution in [0.5, 0.6) is 5.75 Å².